The molecule has 1 rings (SSSR count). The van der Waals surface area contributed by atoms with Gasteiger partial charge >= 0.3 is 0 Å². The van der Waals surface area contributed by atoms with Crippen LogP contribution in [0.1, 0.15) is 13.3 Å². The van der Waals surface area contributed by atoms with Gasteiger partial charge in [0, 0.05) is 12.1 Å². The number of hydrogen-bond donors (Lipinski definition) is 5. The lowest BCUT2D eigenvalue weighted by Gasteiger charge is -2.39. The molecular formula is C8H18N2O3. The minimum Gasteiger partial charge on any atom is -0.389 e. The van der Waals surface area contributed by atoms with Crippen LogP contribution in [0, 0.1) is 0 Å². The van der Waals surface area contributed by atoms with Gasteiger partial charge in [-0.15, -0.1) is 0 Å². The van der Waals surface area contributed by atoms with Gasteiger partial charge in [0.1, 0.15) is 6.10 Å². The molecule has 5 nitrogen and oxygen atoms in total. The maximum Gasteiger partial charge on any atom is 0.109 e. The molecule has 0 amide bonds. The van der Waals surface area contributed by atoms with E-state index in [1.165, 1.54) is 0 Å². The minimum atomic E-state index is -1.15. The van der Waals surface area contributed by atoms with Gasteiger partial charge in [0.2, 0.25) is 0 Å². The maximum atomic E-state index is 9.53. The summed E-state index contributed by atoms with van der Waals surface area (Å²) in [5, 5.41) is 31.3. The first kappa shape index (κ1) is 10.9. The number of aliphatic hydroxyl groups excluding tert-OH is 3. The van der Waals surface area contributed by atoms with Gasteiger partial charge in [0.15, 0.2) is 0 Å². The number of hydrogen-bond acceptors (Lipinski definition) is 5. The SMILES string of the molecule is CCNC1CC(N)C(O)C(O)C1O. The summed E-state index contributed by atoms with van der Waals surface area (Å²) in [5.41, 5.74) is 5.59. The van der Waals surface area contributed by atoms with Gasteiger partial charge in [0.05, 0.1) is 12.2 Å². The molecule has 13 heavy (non-hydrogen) atoms. The first-order chi connectivity index (χ1) is 6.07. The highest BCUT2D eigenvalue weighted by molar-refractivity contribution is 4.97. The summed E-state index contributed by atoms with van der Waals surface area (Å²) in [7, 11) is 0. The molecule has 1 saturated carbocycles. The predicted octanol–water partition coefficient (Wildman–Crippen LogP) is -2.22. The number of nitrogens with two attached hydrogens (primary N) is 1. The van der Waals surface area contributed by atoms with E-state index >= 15 is 0 Å². The molecule has 0 heterocycles. The Morgan fingerprint density at radius 2 is 1.85 bits per heavy atom. The van der Waals surface area contributed by atoms with Gasteiger partial charge in [-0.1, -0.05) is 6.92 Å². The number of rotatable bonds is 2. The van der Waals surface area contributed by atoms with Crippen LogP contribution >= 0.6 is 0 Å². The third-order valence-electron chi connectivity index (χ3n) is 2.54. The summed E-state index contributed by atoms with van der Waals surface area (Å²) < 4.78 is 0. The van der Waals surface area contributed by atoms with Crippen molar-refractivity contribution < 1.29 is 15.3 Å². The normalized spacial score (nSPS) is 46.4. The summed E-state index contributed by atoms with van der Waals surface area (Å²) in [6.45, 7) is 2.62. The van der Waals surface area contributed by atoms with Crippen molar-refractivity contribution in [3.05, 3.63) is 0 Å². The lowest BCUT2D eigenvalue weighted by atomic mass is 9.84. The largest absolute Gasteiger partial charge is 0.389 e. The molecule has 0 aromatic carbocycles. The molecular weight excluding hydrogens is 172 g/mol. The Balaban J connectivity index is 2.59. The van der Waals surface area contributed by atoms with E-state index in [0.29, 0.717) is 13.0 Å². The van der Waals surface area contributed by atoms with E-state index in [1.807, 2.05) is 6.92 Å². The molecule has 0 bridgehead atoms. The molecule has 0 spiro atoms. The topological polar surface area (TPSA) is 98.7 Å². The van der Waals surface area contributed by atoms with Gasteiger partial charge < -0.3 is 26.4 Å². The van der Waals surface area contributed by atoms with Crippen molar-refractivity contribution >= 4 is 0 Å². The fourth-order valence-corrected chi connectivity index (χ4v) is 1.73. The lowest BCUT2D eigenvalue weighted by molar-refractivity contribution is -0.106. The van der Waals surface area contributed by atoms with Crippen LogP contribution in [0.15, 0.2) is 0 Å². The zero-order chi connectivity index (χ0) is 10.0. The predicted molar refractivity (Wildman–Crippen MR) is 48.1 cm³/mol. The van der Waals surface area contributed by atoms with Gasteiger partial charge in [-0.05, 0) is 13.0 Å². The zero-order valence-electron chi connectivity index (χ0n) is 7.72. The molecule has 6 N–H and O–H groups in total. The van der Waals surface area contributed by atoms with Crippen molar-refractivity contribution in [3.8, 4) is 0 Å². The fourth-order valence-electron chi connectivity index (χ4n) is 1.73. The second-order valence-corrected chi connectivity index (χ2v) is 3.54. The Kier molecular flexibility index (Phi) is 3.63. The van der Waals surface area contributed by atoms with E-state index in [-0.39, 0.29) is 6.04 Å². The first-order valence-corrected chi connectivity index (χ1v) is 4.61. The minimum absolute atomic E-state index is 0.224. The van der Waals surface area contributed by atoms with Crippen molar-refractivity contribution in [2.75, 3.05) is 6.54 Å². The van der Waals surface area contributed by atoms with Crippen molar-refractivity contribution in [2.45, 2.75) is 43.7 Å². The first-order valence-electron chi connectivity index (χ1n) is 4.61. The average molecular weight is 190 g/mol. The van der Waals surface area contributed by atoms with E-state index in [2.05, 4.69) is 5.32 Å². The highest BCUT2D eigenvalue weighted by atomic mass is 16.4. The van der Waals surface area contributed by atoms with Gasteiger partial charge in [-0.2, -0.15) is 0 Å². The Morgan fingerprint density at radius 3 is 2.38 bits per heavy atom. The van der Waals surface area contributed by atoms with Crippen LogP contribution in [-0.4, -0.2) is 52.3 Å². The van der Waals surface area contributed by atoms with Crippen LogP contribution in [0.5, 0.6) is 0 Å². The standard InChI is InChI=1S/C8H18N2O3/c1-2-10-5-3-4(9)6(11)8(13)7(5)12/h4-8,10-13H,2-3,9H2,1H3. The second kappa shape index (κ2) is 4.34. The molecule has 1 fully saturated rings. The third kappa shape index (κ3) is 2.18. The monoisotopic (exact) mass is 190 g/mol. The summed E-state index contributed by atoms with van der Waals surface area (Å²) in [6.07, 6.45) is -2.62. The molecule has 0 saturated heterocycles. The van der Waals surface area contributed by atoms with Crippen molar-refractivity contribution in [1.82, 2.24) is 5.32 Å². The van der Waals surface area contributed by atoms with Gasteiger partial charge in [-0.25, -0.2) is 0 Å². The Morgan fingerprint density at radius 1 is 1.23 bits per heavy atom. The number of nitrogens with one attached hydrogen (secondary N) is 1. The van der Waals surface area contributed by atoms with E-state index in [1.54, 1.807) is 0 Å². The summed E-state index contributed by atoms with van der Waals surface area (Å²) >= 11 is 0. The quantitative estimate of drug-likeness (QED) is 0.340. The van der Waals surface area contributed by atoms with E-state index in [4.69, 9.17) is 5.73 Å². The van der Waals surface area contributed by atoms with Crippen molar-refractivity contribution in [3.63, 3.8) is 0 Å². The molecule has 5 heteroatoms. The molecule has 0 aromatic heterocycles. The van der Waals surface area contributed by atoms with Crippen molar-refractivity contribution in [2.24, 2.45) is 5.73 Å². The molecule has 0 radical (unpaired) electrons. The summed E-state index contributed by atoms with van der Waals surface area (Å²) in [4.78, 5) is 0. The Labute approximate surface area is 77.6 Å². The molecule has 1 aliphatic carbocycles. The number of aliphatic hydroxyl groups is 3. The fraction of sp³-hybridized carbons (Fsp3) is 1.00. The highest BCUT2D eigenvalue weighted by Crippen LogP contribution is 2.19. The molecule has 0 aliphatic heterocycles. The van der Waals surface area contributed by atoms with Gasteiger partial charge in [-0.3, -0.25) is 0 Å². The van der Waals surface area contributed by atoms with Crippen LogP contribution in [0.2, 0.25) is 0 Å². The Bertz CT molecular complexity index is 167. The molecule has 1 aliphatic rings. The molecule has 5 atom stereocenters. The van der Waals surface area contributed by atoms with Crippen LogP contribution in [0.25, 0.3) is 0 Å². The van der Waals surface area contributed by atoms with Crippen molar-refractivity contribution in [1.29, 1.82) is 0 Å². The van der Waals surface area contributed by atoms with Crippen LogP contribution in [0.3, 0.4) is 0 Å². The summed E-state index contributed by atoms with van der Waals surface area (Å²) in [5.74, 6) is 0. The van der Waals surface area contributed by atoms with E-state index in [0.717, 1.165) is 0 Å². The van der Waals surface area contributed by atoms with E-state index in [9.17, 15) is 15.3 Å². The van der Waals surface area contributed by atoms with Crippen LogP contribution in [0.4, 0.5) is 0 Å². The summed E-state index contributed by atoms with van der Waals surface area (Å²) in [6, 6.07) is -0.694. The van der Waals surface area contributed by atoms with Crippen LogP contribution < -0.4 is 11.1 Å². The zero-order valence-corrected chi connectivity index (χ0v) is 7.72. The number of likely N-dealkylation sites (N-methyl/N-ethyl adjacent to an activating group) is 1. The molecule has 78 valence electrons. The second-order valence-electron chi connectivity index (χ2n) is 3.54. The van der Waals surface area contributed by atoms with Gasteiger partial charge in [0.25, 0.3) is 0 Å². The lowest BCUT2D eigenvalue weighted by Crippen LogP contribution is -2.62. The third-order valence-corrected chi connectivity index (χ3v) is 2.54. The van der Waals surface area contributed by atoms with Crippen LogP contribution in [-0.2, 0) is 0 Å². The van der Waals surface area contributed by atoms with E-state index < -0.39 is 24.4 Å². The molecule has 0 aromatic rings. The average Bonchev–Trinajstić information content (AvgIpc) is 2.11. The Hall–Kier alpha value is -0.200. The maximum absolute atomic E-state index is 9.53. The molecule has 5 unspecified atom stereocenters. The smallest absolute Gasteiger partial charge is 0.109 e. The highest BCUT2D eigenvalue weighted by Gasteiger charge is 2.40.